The SMILES string of the molecule is CC(C)(C)C12CCCCC1(C)c1cc(-c3ccc4c(c3)-c3ccccc3C4(c3ccccc3)c3ccccc3)ccc1N2c1ccccc1. The Labute approximate surface area is 292 Å². The van der Waals surface area contributed by atoms with Crippen LogP contribution < -0.4 is 4.90 Å². The lowest BCUT2D eigenvalue weighted by Gasteiger charge is -2.59. The predicted molar refractivity (Wildman–Crippen MR) is 206 cm³/mol. The van der Waals surface area contributed by atoms with E-state index in [1.54, 1.807) is 0 Å². The second kappa shape index (κ2) is 10.8. The van der Waals surface area contributed by atoms with Crippen molar-refractivity contribution in [3.8, 4) is 22.3 Å². The van der Waals surface area contributed by atoms with E-state index in [4.69, 9.17) is 0 Å². The van der Waals surface area contributed by atoms with E-state index in [0.717, 1.165) is 0 Å². The highest BCUT2D eigenvalue weighted by atomic mass is 15.3. The second-order valence-electron chi connectivity index (χ2n) is 15.8. The van der Waals surface area contributed by atoms with Crippen molar-refractivity contribution >= 4 is 11.4 Å². The van der Waals surface area contributed by atoms with Gasteiger partial charge in [-0.2, -0.15) is 0 Å². The Kier molecular flexibility index (Phi) is 6.66. The average Bonchev–Trinajstić information content (AvgIpc) is 3.57. The van der Waals surface area contributed by atoms with E-state index < -0.39 is 0 Å². The second-order valence-corrected chi connectivity index (χ2v) is 15.8. The third-order valence-electron chi connectivity index (χ3n) is 12.6. The molecule has 2 atom stereocenters. The molecule has 0 N–H and O–H groups in total. The van der Waals surface area contributed by atoms with Crippen molar-refractivity contribution in [2.45, 2.75) is 69.7 Å². The molecule has 1 fully saturated rings. The monoisotopic (exact) mass is 635 g/mol. The fourth-order valence-electron chi connectivity index (χ4n) is 10.7. The van der Waals surface area contributed by atoms with E-state index in [1.807, 2.05) is 0 Å². The number of rotatable bonds is 4. The zero-order chi connectivity index (χ0) is 33.4. The Morgan fingerprint density at radius 2 is 1.06 bits per heavy atom. The Morgan fingerprint density at radius 1 is 0.510 bits per heavy atom. The van der Waals surface area contributed by atoms with E-state index in [0.29, 0.717) is 0 Å². The summed E-state index contributed by atoms with van der Waals surface area (Å²) in [4.78, 5) is 2.75. The smallest absolute Gasteiger partial charge is 0.0713 e. The number of hydrogen-bond acceptors (Lipinski definition) is 1. The van der Waals surface area contributed by atoms with Crippen molar-refractivity contribution in [1.82, 2.24) is 0 Å². The van der Waals surface area contributed by atoms with Crippen LogP contribution in [0.4, 0.5) is 11.4 Å². The molecule has 49 heavy (non-hydrogen) atoms. The molecule has 0 spiro atoms. The zero-order valence-corrected chi connectivity index (χ0v) is 29.2. The van der Waals surface area contributed by atoms with E-state index in [1.165, 1.54) is 87.1 Å². The fraction of sp³-hybridized carbons (Fsp3) is 0.250. The molecule has 3 aliphatic rings. The van der Waals surface area contributed by atoms with Gasteiger partial charge in [-0.15, -0.1) is 0 Å². The maximum atomic E-state index is 2.75. The summed E-state index contributed by atoms with van der Waals surface area (Å²) in [6.07, 6.45) is 4.95. The van der Waals surface area contributed by atoms with Crippen LogP contribution in [0.2, 0.25) is 0 Å². The van der Waals surface area contributed by atoms with Crippen LogP contribution in [0.5, 0.6) is 0 Å². The first kappa shape index (κ1) is 30.2. The minimum Gasteiger partial charge on any atom is -0.334 e. The molecule has 1 nitrogen and oxygen atoms in total. The molecular weight excluding hydrogens is 591 g/mol. The van der Waals surface area contributed by atoms with Crippen molar-refractivity contribution < 1.29 is 0 Å². The molecule has 0 radical (unpaired) electrons. The minimum absolute atomic E-state index is 0.0115. The Bertz CT molecular complexity index is 2140. The van der Waals surface area contributed by atoms with E-state index in [2.05, 4.69) is 184 Å². The molecule has 1 heteroatoms. The molecule has 0 bridgehead atoms. The van der Waals surface area contributed by atoms with Gasteiger partial charge in [-0.3, -0.25) is 0 Å². The molecule has 6 aromatic carbocycles. The van der Waals surface area contributed by atoms with Crippen LogP contribution in [0, 0.1) is 5.41 Å². The maximum Gasteiger partial charge on any atom is 0.0713 e. The van der Waals surface area contributed by atoms with E-state index >= 15 is 0 Å². The molecule has 1 aliphatic heterocycles. The van der Waals surface area contributed by atoms with Crippen LogP contribution in [0.25, 0.3) is 22.3 Å². The highest BCUT2D eigenvalue weighted by Crippen LogP contribution is 2.67. The van der Waals surface area contributed by atoms with Gasteiger partial charge in [0.15, 0.2) is 0 Å². The van der Waals surface area contributed by atoms with Gasteiger partial charge in [0.1, 0.15) is 0 Å². The number of benzene rings is 6. The molecule has 242 valence electrons. The summed E-state index contributed by atoms with van der Waals surface area (Å²) in [7, 11) is 0. The molecule has 6 aromatic rings. The van der Waals surface area contributed by atoms with Crippen LogP contribution in [-0.4, -0.2) is 5.54 Å². The largest absolute Gasteiger partial charge is 0.334 e. The minimum atomic E-state index is -0.372. The fourth-order valence-corrected chi connectivity index (χ4v) is 10.7. The van der Waals surface area contributed by atoms with Crippen molar-refractivity contribution in [2.24, 2.45) is 5.41 Å². The van der Waals surface area contributed by atoms with Gasteiger partial charge in [0.25, 0.3) is 0 Å². The third-order valence-corrected chi connectivity index (χ3v) is 12.6. The first-order chi connectivity index (χ1) is 23.8. The summed E-state index contributed by atoms with van der Waals surface area (Å²) in [6.45, 7) is 10.0. The van der Waals surface area contributed by atoms with Crippen LogP contribution in [0.3, 0.4) is 0 Å². The molecule has 0 amide bonds. The van der Waals surface area contributed by atoms with E-state index in [9.17, 15) is 0 Å². The highest BCUT2D eigenvalue weighted by molar-refractivity contribution is 5.89. The number of anilines is 2. The van der Waals surface area contributed by atoms with Crippen LogP contribution in [-0.2, 0) is 10.8 Å². The summed E-state index contributed by atoms with van der Waals surface area (Å²) in [5.41, 5.74) is 14.5. The maximum absolute atomic E-state index is 2.75. The molecule has 2 aliphatic carbocycles. The number of fused-ring (bicyclic) bond motifs is 6. The summed E-state index contributed by atoms with van der Waals surface area (Å²) in [6, 6.07) is 57.1. The number of hydrogen-bond donors (Lipinski definition) is 0. The summed E-state index contributed by atoms with van der Waals surface area (Å²) in [5, 5.41) is 0. The standard InChI is InChI=1S/C48H45N/c1-45(2,3)47-31-17-16-30-46(47,4)43-33-35(27-29-44(43)49(47)38-22-12-7-13-23-38)34-26-28-42-40(32-34)39-24-14-15-25-41(39)48(42,36-18-8-5-9-19-36)37-20-10-6-11-21-37/h5-15,18-29,32-33H,16-17,30-31H2,1-4H3. The van der Waals surface area contributed by atoms with Crippen LogP contribution in [0.15, 0.2) is 152 Å². The van der Waals surface area contributed by atoms with Crippen molar-refractivity contribution in [3.05, 3.63) is 179 Å². The predicted octanol–water partition coefficient (Wildman–Crippen LogP) is 12.5. The Hall–Kier alpha value is -4.88. The van der Waals surface area contributed by atoms with Gasteiger partial charge in [0.05, 0.1) is 11.0 Å². The van der Waals surface area contributed by atoms with Gasteiger partial charge in [0, 0.05) is 16.8 Å². The summed E-state index contributed by atoms with van der Waals surface area (Å²) in [5.74, 6) is 0. The summed E-state index contributed by atoms with van der Waals surface area (Å²) < 4.78 is 0. The quantitative estimate of drug-likeness (QED) is 0.186. The lowest BCUT2D eigenvalue weighted by molar-refractivity contribution is 0.0608. The number of nitrogens with zero attached hydrogens (tertiary/aromatic N) is 1. The molecular formula is C48H45N. The molecule has 0 aromatic heterocycles. The van der Waals surface area contributed by atoms with Gasteiger partial charge >= 0.3 is 0 Å². The summed E-state index contributed by atoms with van der Waals surface area (Å²) >= 11 is 0. The highest BCUT2D eigenvalue weighted by Gasteiger charge is 2.65. The van der Waals surface area contributed by atoms with Crippen molar-refractivity contribution in [1.29, 1.82) is 0 Å². The lowest BCUT2D eigenvalue weighted by atomic mass is 9.52. The molecule has 0 saturated heterocycles. The number of para-hydroxylation sites is 1. The first-order valence-corrected chi connectivity index (χ1v) is 18.2. The Balaban J connectivity index is 1.25. The molecule has 2 unspecified atom stereocenters. The Morgan fingerprint density at radius 3 is 1.73 bits per heavy atom. The molecule has 1 heterocycles. The van der Waals surface area contributed by atoms with Gasteiger partial charge in [-0.1, -0.05) is 162 Å². The zero-order valence-electron chi connectivity index (χ0n) is 29.2. The lowest BCUT2D eigenvalue weighted by Crippen LogP contribution is -2.64. The van der Waals surface area contributed by atoms with Crippen LogP contribution >= 0.6 is 0 Å². The average molecular weight is 636 g/mol. The van der Waals surface area contributed by atoms with Crippen molar-refractivity contribution in [2.75, 3.05) is 4.90 Å². The first-order valence-electron chi connectivity index (χ1n) is 18.2. The van der Waals surface area contributed by atoms with Gasteiger partial charge in [-0.05, 0) is 98.7 Å². The normalized spacial score (nSPS) is 21.8. The van der Waals surface area contributed by atoms with E-state index in [-0.39, 0.29) is 21.8 Å². The van der Waals surface area contributed by atoms with Crippen LogP contribution in [0.1, 0.15) is 81.2 Å². The van der Waals surface area contributed by atoms with Gasteiger partial charge in [-0.25, -0.2) is 0 Å². The van der Waals surface area contributed by atoms with Gasteiger partial charge in [0.2, 0.25) is 0 Å². The molecule has 9 rings (SSSR count). The molecule has 1 saturated carbocycles. The van der Waals surface area contributed by atoms with Crippen molar-refractivity contribution in [3.63, 3.8) is 0 Å². The third kappa shape index (κ3) is 3.99. The topological polar surface area (TPSA) is 3.24 Å². The van der Waals surface area contributed by atoms with Gasteiger partial charge < -0.3 is 4.90 Å².